The molecule has 0 saturated carbocycles. The molecule has 3 heteroatoms. The summed E-state index contributed by atoms with van der Waals surface area (Å²) in [7, 11) is 2.03. The number of nitrogens with zero attached hydrogens (tertiary/aromatic N) is 2. The van der Waals surface area contributed by atoms with Gasteiger partial charge in [0.2, 0.25) is 0 Å². The third-order valence-electron chi connectivity index (χ3n) is 3.89. The fourth-order valence-electron chi connectivity index (χ4n) is 2.74. The predicted octanol–water partition coefficient (Wildman–Crippen LogP) is 2.93. The lowest BCUT2D eigenvalue weighted by molar-refractivity contribution is 0.710. The van der Waals surface area contributed by atoms with Crippen molar-refractivity contribution in [1.82, 2.24) is 9.78 Å². The number of aryl methyl sites for hydroxylation is 3. The molecule has 2 aromatic rings. The van der Waals surface area contributed by atoms with E-state index < -0.39 is 0 Å². The fourth-order valence-corrected chi connectivity index (χ4v) is 2.74. The van der Waals surface area contributed by atoms with Crippen molar-refractivity contribution in [3.63, 3.8) is 0 Å². The monoisotopic (exact) mass is 255 g/mol. The van der Waals surface area contributed by atoms with Gasteiger partial charge in [-0.25, -0.2) is 0 Å². The average molecular weight is 255 g/mol. The Morgan fingerprint density at radius 1 is 1.32 bits per heavy atom. The van der Waals surface area contributed by atoms with Crippen LogP contribution in [0.5, 0.6) is 0 Å². The van der Waals surface area contributed by atoms with E-state index in [2.05, 4.69) is 41.6 Å². The van der Waals surface area contributed by atoms with Crippen molar-refractivity contribution in [2.45, 2.75) is 32.6 Å². The van der Waals surface area contributed by atoms with Crippen molar-refractivity contribution in [2.24, 2.45) is 7.05 Å². The second-order valence-corrected chi connectivity index (χ2v) is 5.30. The molecule has 1 aromatic heterocycles. The van der Waals surface area contributed by atoms with Gasteiger partial charge in [-0.3, -0.25) is 4.68 Å². The van der Waals surface area contributed by atoms with Gasteiger partial charge in [0.1, 0.15) is 0 Å². The number of anilines is 1. The van der Waals surface area contributed by atoms with Gasteiger partial charge in [0.05, 0.1) is 5.69 Å². The van der Waals surface area contributed by atoms with Crippen LogP contribution in [0.4, 0.5) is 5.69 Å². The number of benzene rings is 1. The molecule has 1 aromatic carbocycles. The van der Waals surface area contributed by atoms with E-state index in [1.165, 1.54) is 41.0 Å². The number of aromatic nitrogens is 2. The molecule has 0 radical (unpaired) electrons. The first kappa shape index (κ1) is 12.3. The molecule has 0 spiro atoms. The molecule has 1 N–H and O–H groups in total. The SMILES string of the molecule is CCc1cc(Cc2ccc3c(c2)NCCC3)n(C)n1. The average Bonchev–Trinajstić information content (AvgIpc) is 2.79. The third kappa shape index (κ3) is 2.50. The molecule has 0 atom stereocenters. The summed E-state index contributed by atoms with van der Waals surface area (Å²) in [6.45, 7) is 3.25. The zero-order chi connectivity index (χ0) is 13.2. The first-order valence-corrected chi connectivity index (χ1v) is 7.13. The molecule has 0 unspecified atom stereocenters. The van der Waals surface area contributed by atoms with Crippen LogP contribution in [0.25, 0.3) is 0 Å². The normalized spacial score (nSPS) is 14.0. The van der Waals surface area contributed by atoms with Crippen molar-refractivity contribution in [3.05, 3.63) is 46.8 Å². The van der Waals surface area contributed by atoms with Crippen LogP contribution in [-0.2, 0) is 26.3 Å². The molecular weight excluding hydrogens is 234 g/mol. The summed E-state index contributed by atoms with van der Waals surface area (Å²) in [5.74, 6) is 0. The molecule has 0 bridgehead atoms. The molecule has 0 aliphatic carbocycles. The van der Waals surface area contributed by atoms with Gasteiger partial charge in [0.25, 0.3) is 0 Å². The maximum atomic E-state index is 4.51. The predicted molar refractivity (Wildman–Crippen MR) is 78.6 cm³/mol. The maximum absolute atomic E-state index is 4.51. The van der Waals surface area contributed by atoms with E-state index in [4.69, 9.17) is 0 Å². The smallest absolute Gasteiger partial charge is 0.0624 e. The second-order valence-electron chi connectivity index (χ2n) is 5.30. The van der Waals surface area contributed by atoms with Gasteiger partial charge >= 0.3 is 0 Å². The Kier molecular flexibility index (Phi) is 3.28. The largest absolute Gasteiger partial charge is 0.385 e. The maximum Gasteiger partial charge on any atom is 0.0624 e. The van der Waals surface area contributed by atoms with Crippen LogP contribution in [0.15, 0.2) is 24.3 Å². The quantitative estimate of drug-likeness (QED) is 0.914. The van der Waals surface area contributed by atoms with Crippen LogP contribution in [0.2, 0.25) is 0 Å². The summed E-state index contributed by atoms with van der Waals surface area (Å²) >= 11 is 0. The van der Waals surface area contributed by atoms with Gasteiger partial charge < -0.3 is 5.32 Å². The number of hydrogen-bond acceptors (Lipinski definition) is 2. The molecule has 0 saturated heterocycles. The zero-order valence-electron chi connectivity index (χ0n) is 11.7. The van der Waals surface area contributed by atoms with Gasteiger partial charge in [0, 0.05) is 31.4 Å². The van der Waals surface area contributed by atoms with E-state index >= 15 is 0 Å². The second kappa shape index (κ2) is 5.08. The lowest BCUT2D eigenvalue weighted by atomic mass is 9.99. The summed E-state index contributed by atoms with van der Waals surface area (Å²) < 4.78 is 2.01. The molecule has 1 aliphatic rings. The Bertz CT molecular complexity index is 584. The molecular formula is C16H21N3. The van der Waals surface area contributed by atoms with E-state index in [1.807, 2.05) is 11.7 Å². The first-order valence-electron chi connectivity index (χ1n) is 7.13. The summed E-state index contributed by atoms with van der Waals surface area (Å²) in [4.78, 5) is 0. The Hall–Kier alpha value is -1.77. The van der Waals surface area contributed by atoms with Gasteiger partial charge in [0.15, 0.2) is 0 Å². The molecule has 100 valence electrons. The van der Waals surface area contributed by atoms with Gasteiger partial charge in [-0.05, 0) is 42.5 Å². The molecule has 2 heterocycles. The zero-order valence-corrected chi connectivity index (χ0v) is 11.7. The van der Waals surface area contributed by atoms with Gasteiger partial charge in [-0.1, -0.05) is 19.1 Å². The minimum atomic E-state index is 0.957. The molecule has 1 aliphatic heterocycles. The molecule has 0 amide bonds. The first-order chi connectivity index (χ1) is 9.26. The standard InChI is InChI=1S/C16H21N3/c1-3-14-11-15(19(2)18-14)9-12-6-7-13-5-4-8-17-16(13)10-12/h6-7,10-11,17H,3-5,8-9H2,1-2H3. The number of rotatable bonds is 3. The highest BCUT2D eigenvalue weighted by Gasteiger charge is 2.10. The van der Waals surface area contributed by atoms with E-state index in [1.54, 1.807) is 0 Å². The van der Waals surface area contributed by atoms with Crippen molar-refractivity contribution >= 4 is 5.69 Å². The topological polar surface area (TPSA) is 29.9 Å². The molecule has 3 rings (SSSR count). The van der Waals surface area contributed by atoms with Crippen LogP contribution in [-0.4, -0.2) is 16.3 Å². The Balaban J connectivity index is 1.84. The van der Waals surface area contributed by atoms with Crippen molar-refractivity contribution in [2.75, 3.05) is 11.9 Å². The molecule has 19 heavy (non-hydrogen) atoms. The Morgan fingerprint density at radius 2 is 2.21 bits per heavy atom. The van der Waals surface area contributed by atoms with E-state index in [0.717, 1.165) is 19.4 Å². The van der Waals surface area contributed by atoms with Crippen LogP contribution in [0.1, 0.15) is 35.9 Å². The summed E-state index contributed by atoms with van der Waals surface area (Å²) in [6, 6.07) is 9.04. The highest BCUT2D eigenvalue weighted by Crippen LogP contribution is 2.24. The van der Waals surface area contributed by atoms with E-state index in [9.17, 15) is 0 Å². The highest BCUT2D eigenvalue weighted by atomic mass is 15.3. The number of hydrogen-bond donors (Lipinski definition) is 1. The summed E-state index contributed by atoms with van der Waals surface area (Å²) in [5, 5.41) is 8.01. The lowest BCUT2D eigenvalue weighted by Crippen LogP contribution is -2.12. The van der Waals surface area contributed by atoms with Crippen LogP contribution < -0.4 is 5.32 Å². The minimum absolute atomic E-state index is 0.957. The van der Waals surface area contributed by atoms with Gasteiger partial charge in [-0.2, -0.15) is 5.10 Å². The highest BCUT2D eigenvalue weighted by molar-refractivity contribution is 5.55. The van der Waals surface area contributed by atoms with Crippen LogP contribution in [0.3, 0.4) is 0 Å². The van der Waals surface area contributed by atoms with Crippen molar-refractivity contribution < 1.29 is 0 Å². The third-order valence-corrected chi connectivity index (χ3v) is 3.89. The Labute approximate surface area is 114 Å². The van der Waals surface area contributed by atoms with Crippen molar-refractivity contribution in [3.8, 4) is 0 Å². The number of fused-ring (bicyclic) bond motifs is 1. The van der Waals surface area contributed by atoms with Crippen molar-refractivity contribution in [1.29, 1.82) is 0 Å². The molecule has 3 nitrogen and oxygen atoms in total. The minimum Gasteiger partial charge on any atom is -0.385 e. The van der Waals surface area contributed by atoms with Gasteiger partial charge in [-0.15, -0.1) is 0 Å². The fraction of sp³-hybridized carbons (Fsp3) is 0.438. The van der Waals surface area contributed by atoms with E-state index in [0.29, 0.717) is 0 Å². The van der Waals surface area contributed by atoms with E-state index in [-0.39, 0.29) is 0 Å². The van der Waals surface area contributed by atoms with Crippen LogP contribution >= 0.6 is 0 Å². The lowest BCUT2D eigenvalue weighted by Gasteiger charge is -2.18. The number of nitrogens with one attached hydrogen (secondary N) is 1. The molecule has 0 fully saturated rings. The van der Waals surface area contributed by atoms with Crippen LogP contribution in [0, 0.1) is 0 Å². The summed E-state index contributed by atoms with van der Waals surface area (Å²) in [6.07, 6.45) is 4.40. The Morgan fingerprint density at radius 3 is 3.00 bits per heavy atom. The summed E-state index contributed by atoms with van der Waals surface area (Å²) in [5.41, 5.74) is 6.59.